The van der Waals surface area contributed by atoms with Crippen LogP contribution in [0.15, 0.2) is 18.2 Å². The smallest absolute Gasteiger partial charge is 0.138 e. The van der Waals surface area contributed by atoms with Crippen molar-refractivity contribution in [1.29, 1.82) is 0 Å². The monoisotopic (exact) mass is 167 g/mol. The SMILES string of the molecule is CCC(O)c1cccc(O)c1N. The molecule has 0 fully saturated rings. The Morgan fingerprint density at radius 2 is 2.17 bits per heavy atom. The molecular weight excluding hydrogens is 154 g/mol. The van der Waals surface area contributed by atoms with Gasteiger partial charge in [-0.25, -0.2) is 0 Å². The van der Waals surface area contributed by atoms with Crippen molar-refractivity contribution in [3.05, 3.63) is 23.8 Å². The molecule has 0 heterocycles. The van der Waals surface area contributed by atoms with Gasteiger partial charge in [-0.3, -0.25) is 0 Å². The Kier molecular flexibility index (Phi) is 2.55. The molecule has 1 aromatic rings. The molecule has 3 heteroatoms. The molecule has 12 heavy (non-hydrogen) atoms. The molecule has 0 aromatic heterocycles. The van der Waals surface area contributed by atoms with Crippen LogP contribution in [-0.4, -0.2) is 10.2 Å². The Morgan fingerprint density at radius 1 is 1.50 bits per heavy atom. The van der Waals surface area contributed by atoms with E-state index in [1.54, 1.807) is 12.1 Å². The topological polar surface area (TPSA) is 66.5 Å². The predicted octanol–water partition coefficient (Wildman–Crippen LogP) is 1.42. The van der Waals surface area contributed by atoms with Crippen molar-refractivity contribution in [2.24, 2.45) is 0 Å². The number of hydrogen-bond donors (Lipinski definition) is 3. The van der Waals surface area contributed by atoms with Crippen molar-refractivity contribution in [3.63, 3.8) is 0 Å². The van der Waals surface area contributed by atoms with E-state index in [1.165, 1.54) is 6.07 Å². The molecule has 1 unspecified atom stereocenters. The van der Waals surface area contributed by atoms with Gasteiger partial charge in [-0.1, -0.05) is 19.1 Å². The molecule has 1 aromatic carbocycles. The minimum atomic E-state index is -0.586. The van der Waals surface area contributed by atoms with Crippen LogP contribution in [-0.2, 0) is 0 Å². The van der Waals surface area contributed by atoms with Gasteiger partial charge in [0.05, 0.1) is 11.8 Å². The lowest BCUT2D eigenvalue weighted by Crippen LogP contribution is -2.00. The summed E-state index contributed by atoms with van der Waals surface area (Å²) in [5.74, 6) is 0.0278. The fraction of sp³-hybridized carbons (Fsp3) is 0.333. The minimum absolute atomic E-state index is 0.0278. The standard InChI is InChI=1S/C9H13NO2/c1-2-7(11)6-4-3-5-8(12)9(6)10/h3-5,7,11-12H,2,10H2,1H3. The quantitative estimate of drug-likeness (QED) is 0.461. The van der Waals surface area contributed by atoms with Crippen molar-refractivity contribution in [2.45, 2.75) is 19.4 Å². The average Bonchev–Trinajstić information content (AvgIpc) is 2.08. The summed E-state index contributed by atoms with van der Waals surface area (Å²) in [7, 11) is 0. The molecule has 0 saturated heterocycles. The van der Waals surface area contributed by atoms with Crippen LogP contribution < -0.4 is 5.73 Å². The highest BCUT2D eigenvalue weighted by molar-refractivity contribution is 5.58. The van der Waals surface area contributed by atoms with Crippen LogP contribution in [0.25, 0.3) is 0 Å². The Morgan fingerprint density at radius 3 is 2.75 bits per heavy atom. The van der Waals surface area contributed by atoms with E-state index in [9.17, 15) is 10.2 Å². The van der Waals surface area contributed by atoms with E-state index in [0.29, 0.717) is 12.0 Å². The van der Waals surface area contributed by atoms with Crippen LogP contribution >= 0.6 is 0 Å². The van der Waals surface area contributed by atoms with E-state index in [4.69, 9.17) is 5.73 Å². The van der Waals surface area contributed by atoms with Gasteiger partial charge in [-0.05, 0) is 12.5 Å². The van der Waals surface area contributed by atoms with Gasteiger partial charge >= 0.3 is 0 Å². The third-order valence-corrected chi connectivity index (χ3v) is 1.86. The van der Waals surface area contributed by atoms with Crippen LogP contribution in [0.3, 0.4) is 0 Å². The van der Waals surface area contributed by atoms with Crippen LogP contribution in [0.5, 0.6) is 5.75 Å². The van der Waals surface area contributed by atoms with Crippen LogP contribution in [0, 0.1) is 0 Å². The zero-order chi connectivity index (χ0) is 9.14. The van der Waals surface area contributed by atoms with Gasteiger partial charge in [0.15, 0.2) is 0 Å². The van der Waals surface area contributed by atoms with E-state index in [2.05, 4.69) is 0 Å². The number of benzene rings is 1. The Labute approximate surface area is 71.5 Å². The number of phenolic OH excluding ortho intramolecular Hbond substituents is 1. The fourth-order valence-electron chi connectivity index (χ4n) is 1.08. The van der Waals surface area contributed by atoms with Crippen LogP contribution in [0.1, 0.15) is 25.0 Å². The zero-order valence-corrected chi connectivity index (χ0v) is 6.99. The normalized spacial score (nSPS) is 12.8. The lowest BCUT2D eigenvalue weighted by atomic mass is 10.1. The number of anilines is 1. The molecule has 1 rings (SSSR count). The molecule has 3 nitrogen and oxygen atoms in total. The summed E-state index contributed by atoms with van der Waals surface area (Å²) in [4.78, 5) is 0. The molecular formula is C9H13NO2. The maximum absolute atomic E-state index is 9.44. The van der Waals surface area contributed by atoms with Crippen molar-refractivity contribution in [2.75, 3.05) is 5.73 Å². The second kappa shape index (κ2) is 3.45. The molecule has 1 atom stereocenters. The number of nitrogens with two attached hydrogens (primary N) is 1. The molecule has 0 amide bonds. The maximum Gasteiger partial charge on any atom is 0.138 e. The number of nitrogen functional groups attached to an aromatic ring is 1. The highest BCUT2D eigenvalue weighted by atomic mass is 16.3. The molecule has 0 bridgehead atoms. The first kappa shape index (κ1) is 8.87. The van der Waals surface area contributed by atoms with Gasteiger partial charge in [-0.15, -0.1) is 0 Å². The van der Waals surface area contributed by atoms with Crippen molar-refractivity contribution >= 4 is 5.69 Å². The summed E-state index contributed by atoms with van der Waals surface area (Å²) >= 11 is 0. The van der Waals surface area contributed by atoms with Gasteiger partial charge < -0.3 is 15.9 Å². The molecule has 0 saturated carbocycles. The van der Waals surface area contributed by atoms with Crippen molar-refractivity contribution in [1.82, 2.24) is 0 Å². The van der Waals surface area contributed by atoms with Crippen LogP contribution in [0.4, 0.5) is 5.69 Å². The van der Waals surface area contributed by atoms with Crippen LogP contribution in [0.2, 0.25) is 0 Å². The summed E-state index contributed by atoms with van der Waals surface area (Å²) in [6.07, 6.45) is 0.00491. The third-order valence-electron chi connectivity index (χ3n) is 1.86. The highest BCUT2D eigenvalue weighted by Gasteiger charge is 2.10. The Balaban J connectivity index is 3.07. The summed E-state index contributed by atoms with van der Waals surface area (Å²) in [5, 5.41) is 18.7. The lowest BCUT2D eigenvalue weighted by Gasteiger charge is -2.11. The highest BCUT2D eigenvalue weighted by Crippen LogP contribution is 2.29. The van der Waals surface area contributed by atoms with Gasteiger partial charge in [0, 0.05) is 5.56 Å². The van der Waals surface area contributed by atoms with E-state index in [1.807, 2.05) is 6.92 Å². The molecule has 0 aliphatic heterocycles. The van der Waals surface area contributed by atoms with Crippen molar-refractivity contribution < 1.29 is 10.2 Å². The first-order valence-corrected chi connectivity index (χ1v) is 3.92. The molecule has 0 aliphatic rings. The Bertz CT molecular complexity index is 273. The molecule has 0 radical (unpaired) electrons. The predicted molar refractivity (Wildman–Crippen MR) is 47.8 cm³/mol. The summed E-state index contributed by atoms with van der Waals surface area (Å²) in [6, 6.07) is 4.88. The number of aliphatic hydroxyl groups is 1. The van der Waals surface area contributed by atoms with E-state index < -0.39 is 6.10 Å². The van der Waals surface area contributed by atoms with Gasteiger partial charge in [-0.2, -0.15) is 0 Å². The first-order valence-electron chi connectivity index (χ1n) is 3.92. The molecule has 66 valence electrons. The molecule has 4 N–H and O–H groups in total. The lowest BCUT2D eigenvalue weighted by molar-refractivity contribution is 0.174. The summed E-state index contributed by atoms with van der Waals surface area (Å²) in [6.45, 7) is 1.86. The number of phenols is 1. The second-order valence-electron chi connectivity index (χ2n) is 2.70. The fourth-order valence-corrected chi connectivity index (χ4v) is 1.08. The summed E-state index contributed by atoms with van der Waals surface area (Å²) < 4.78 is 0. The number of rotatable bonds is 2. The minimum Gasteiger partial charge on any atom is -0.506 e. The number of hydrogen-bond acceptors (Lipinski definition) is 3. The van der Waals surface area contributed by atoms with Gasteiger partial charge in [0.2, 0.25) is 0 Å². The number of aromatic hydroxyl groups is 1. The molecule has 0 spiro atoms. The average molecular weight is 167 g/mol. The summed E-state index contributed by atoms with van der Waals surface area (Å²) in [5.41, 5.74) is 6.41. The van der Waals surface area contributed by atoms with E-state index in [0.717, 1.165) is 0 Å². The van der Waals surface area contributed by atoms with Gasteiger partial charge in [0.25, 0.3) is 0 Å². The number of para-hydroxylation sites is 1. The van der Waals surface area contributed by atoms with E-state index >= 15 is 0 Å². The Hall–Kier alpha value is -1.22. The maximum atomic E-state index is 9.44. The first-order chi connectivity index (χ1) is 5.66. The van der Waals surface area contributed by atoms with E-state index in [-0.39, 0.29) is 11.4 Å². The van der Waals surface area contributed by atoms with Crippen molar-refractivity contribution in [3.8, 4) is 5.75 Å². The largest absolute Gasteiger partial charge is 0.506 e. The number of aliphatic hydroxyl groups excluding tert-OH is 1. The third kappa shape index (κ3) is 1.51. The van der Waals surface area contributed by atoms with Gasteiger partial charge in [0.1, 0.15) is 5.75 Å². The second-order valence-corrected chi connectivity index (χ2v) is 2.70. The molecule has 0 aliphatic carbocycles. The zero-order valence-electron chi connectivity index (χ0n) is 6.99.